The van der Waals surface area contributed by atoms with Crippen LogP contribution in [0, 0.1) is 11.3 Å². The topological polar surface area (TPSA) is 178 Å². The van der Waals surface area contributed by atoms with Gasteiger partial charge in [0.25, 0.3) is 0 Å². The second-order valence-electron chi connectivity index (χ2n) is 11.1. The molecular formula is C28H35F3N4O9S2. The SMILES string of the molecule is CNS(=O)(=O)c1ccc(NC2CC3CC3(CNS(=O)(=O)c3ccc(NCCOCC(F)(F)F)c(C(=O)OC)c3)C2)c(C(=O)OC)c1. The van der Waals surface area contributed by atoms with E-state index in [1.165, 1.54) is 44.5 Å². The number of ether oxygens (including phenoxy) is 3. The second-order valence-corrected chi connectivity index (χ2v) is 14.7. The Hall–Kier alpha value is -3.45. The third-order valence-corrected chi connectivity index (χ3v) is 10.9. The van der Waals surface area contributed by atoms with E-state index in [0.717, 1.165) is 19.6 Å². The van der Waals surface area contributed by atoms with E-state index in [1.807, 2.05) is 0 Å². The van der Waals surface area contributed by atoms with E-state index in [2.05, 4.69) is 24.8 Å². The monoisotopic (exact) mass is 692 g/mol. The molecule has 0 bridgehead atoms. The lowest BCUT2D eigenvalue weighted by Gasteiger charge is -2.21. The van der Waals surface area contributed by atoms with Crippen molar-refractivity contribution >= 4 is 43.4 Å². The number of esters is 2. The first-order chi connectivity index (χ1) is 21.5. The largest absolute Gasteiger partial charge is 0.465 e. The Bertz CT molecular complexity index is 1690. The molecule has 2 aliphatic rings. The predicted octanol–water partition coefficient (Wildman–Crippen LogP) is 2.72. The highest BCUT2D eigenvalue weighted by Gasteiger charge is 2.60. The summed E-state index contributed by atoms with van der Waals surface area (Å²) in [6.45, 7) is -1.70. The molecular weight excluding hydrogens is 657 g/mol. The van der Waals surface area contributed by atoms with Gasteiger partial charge in [-0.25, -0.2) is 35.9 Å². The third-order valence-electron chi connectivity index (χ3n) is 8.06. The van der Waals surface area contributed by atoms with E-state index in [-0.39, 0.29) is 63.7 Å². The van der Waals surface area contributed by atoms with Crippen molar-refractivity contribution in [3.8, 4) is 0 Å². The zero-order valence-corrected chi connectivity index (χ0v) is 26.8. The summed E-state index contributed by atoms with van der Waals surface area (Å²) in [6, 6.07) is 7.67. The molecule has 3 atom stereocenters. The fraction of sp³-hybridized carbons (Fsp3) is 0.500. The van der Waals surface area contributed by atoms with Crippen LogP contribution in [-0.4, -0.2) is 88.6 Å². The van der Waals surface area contributed by atoms with Crippen molar-refractivity contribution in [2.45, 2.75) is 41.3 Å². The number of alkyl halides is 3. The van der Waals surface area contributed by atoms with Crippen LogP contribution in [0.2, 0.25) is 0 Å². The Morgan fingerprint density at radius 2 is 1.50 bits per heavy atom. The van der Waals surface area contributed by atoms with Crippen molar-refractivity contribution in [1.29, 1.82) is 0 Å². The number of fused-ring (bicyclic) bond motifs is 1. The van der Waals surface area contributed by atoms with Gasteiger partial charge in [0.15, 0.2) is 0 Å². The average molecular weight is 693 g/mol. The number of methoxy groups -OCH3 is 2. The summed E-state index contributed by atoms with van der Waals surface area (Å²) < 4.78 is 107. The zero-order valence-electron chi connectivity index (χ0n) is 25.2. The molecule has 4 rings (SSSR count). The summed E-state index contributed by atoms with van der Waals surface area (Å²) in [6.07, 6.45) is -2.43. The molecule has 4 N–H and O–H groups in total. The molecule has 0 radical (unpaired) electrons. The fourth-order valence-electron chi connectivity index (χ4n) is 5.66. The molecule has 13 nitrogen and oxygen atoms in total. The Kier molecular flexibility index (Phi) is 10.6. The third kappa shape index (κ3) is 8.28. The van der Waals surface area contributed by atoms with Gasteiger partial charge >= 0.3 is 18.1 Å². The molecule has 3 unspecified atom stereocenters. The number of halogens is 3. The molecule has 254 valence electrons. The summed E-state index contributed by atoms with van der Waals surface area (Å²) in [5.74, 6) is -1.36. The van der Waals surface area contributed by atoms with Gasteiger partial charge in [-0.1, -0.05) is 0 Å². The van der Waals surface area contributed by atoms with Gasteiger partial charge in [-0.15, -0.1) is 0 Å². The number of carbonyl (C=O) groups is 2. The molecule has 0 heterocycles. The van der Waals surface area contributed by atoms with Crippen LogP contribution in [0.4, 0.5) is 24.5 Å². The van der Waals surface area contributed by atoms with Crippen molar-refractivity contribution < 1.29 is 53.8 Å². The Balaban J connectivity index is 1.41. The van der Waals surface area contributed by atoms with Crippen LogP contribution in [-0.2, 0) is 34.3 Å². The molecule has 2 aromatic rings. The quantitative estimate of drug-likeness (QED) is 0.159. The highest BCUT2D eigenvalue weighted by molar-refractivity contribution is 7.89. The average Bonchev–Trinajstić information content (AvgIpc) is 3.58. The Labute approximate surface area is 264 Å². The first kappa shape index (κ1) is 35.4. The number of rotatable bonds is 15. The Morgan fingerprint density at radius 3 is 2.09 bits per heavy atom. The van der Waals surface area contributed by atoms with Crippen LogP contribution in [0.15, 0.2) is 46.2 Å². The lowest BCUT2D eigenvalue weighted by molar-refractivity contribution is -0.172. The van der Waals surface area contributed by atoms with Gasteiger partial charge in [-0.05, 0) is 74.0 Å². The molecule has 2 fully saturated rings. The molecule has 0 spiro atoms. The molecule has 0 aromatic heterocycles. The van der Waals surface area contributed by atoms with Crippen molar-refractivity contribution in [3.05, 3.63) is 47.5 Å². The van der Waals surface area contributed by atoms with E-state index in [4.69, 9.17) is 9.47 Å². The van der Waals surface area contributed by atoms with E-state index in [9.17, 15) is 39.6 Å². The van der Waals surface area contributed by atoms with Gasteiger partial charge in [0, 0.05) is 30.5 Å². The molecule has 2 saturated carbocycles. The van der Waals surface area contributed by atoms with Gasteiger partial charge in [-0.2, -0.15) is 13.2 Å². The predicted molar refractivity (Wildman–Crippen MR) is 160 cm³/mol. The normalized spacial score (nSPS) is 20.9. The van der Waals surface area contributed by atoms with Crippen molar-refractivity contribution in [2.75, 3.05) is 58.2 Å². The molecule has 0 aliphatic heterocycles. The number of benzene rings is 2. The van der Waals surface area contributed by atoms with E-state index < -0.39 is 44.8 Å². The lowest BCUT2D eigenvalue weighted by atomic mass is 10.0. The standard InChI is InChI=1S/C28H35F3N4O9S2/c1-32-45(38,39)19-5-7-24(22(11-19)26(37)43-3)35-18-10-17-13-27(17,14-18)15-34-46(40,41)20-4-6-23(21(12-20)25(36)42-2)33-8-9-44-16-28(29,30)31/h4-7,11-12,17-18,32-35H,8-10,13-16H2,1-3H3. The van der Waals surface area contributed by atoms with Crippen LogP contribution in [0.3, 0.4) is 0 Å². The van der Waals surface area contributed by atoms with Gasteiger partial charge in [0.05, 0.1) is 41.7 Å². The van der Waals surface area contributed by atoms with E-state index in [0.29, 0.717) is 18.5 Å². The molecule has 0 saturated heterocycles. The van der Waals surface area contributed by atoms with Crippen LogP contribution < -0.4 is 20.1 Å². The first-order valence-electron chi connectivity index (χ1n) is 14.1. The number of carbonyl (C=O) groups excluding carboxylic acids is 2. The minimum Gasteiger partial charge on any atom is -0.465 e. The minimum atomic E-state index is -4.48. The van der Waals surface area contributed by atoms with Crippen LogP contribution >= 0.6 is 0 Å². The number of nitrogens with one attached hydrogen (secondary N) is 4. The number of anilines is 2. The minimum absolute atomic E-state index is 0.0438. The summed E-state index contributed by atoms with van der Waals surface area (Å²) >= 11 is 0. The maximum atomic E-state index is 13.2. The fourth-order valence-corrected chi connectivity index (χ4v) is 7.58. The molecule has 2 aliphatic carbocycles. The second kappa shape index (κ2) is 13.7. The van der Waals surface area contributed by atoms with Crippen LogP contribution in [0.25, 0.3) is 0 Å². The maximum absolute atomic E-state index is 13.2. The number of hydrogen-bond donors (Lipinski definition) is 4. The Morgan fingerprint density at radius 1 is 0.913 bits per heavy atom. The first-order valence-corrected chi connectivity index (χ1v) is 17.0. The molecule has 0 amide bonds. The van der Waals surface area contributed by atoms with Gasteiger partial charge in [0.2, 0.25) is 20.0 Å². The maximum Gasteiger partial charge on any atom is 0.411 e. The molecule has 18 heteroatoms. The van der Waals surface area contributed by atoms with E-state index in [1.54, 1.807) is 0 Å². The smallest absolute Gasteiger partial charge is 0.411 e. The summed E-state index contributed by atoms with van der Waals surface area (Å²) in [4.78, 5) is 24.5. The summed E-state index contributed by atoms with van der Waals surface area (Å²) in [5.41, 5.74) is 0.134. The van der Waals surface area contributed by atoms with Gasteiger partial charge in [0.1, 0.15) is 6.61 Å². The van der Waals surface area contributed by atoms with Crippen molar-refractivity contribution in [2.24, 2.45) is 11.3 Å². The van der Waals surface area contributed by atoms with E-state index >= 15 is 0 Å². The van der Waals surface area contributed by atoms with Crippen molar-refractivity contribution in [3.63, 3.8) is 0 Å². The lowest BCUT2D eigenvalue weighted by Crippen LogP contribution is -2.32. The summed E-state index contributed by atoms with van der Waals surface area (Å²) in [7, 11) is -4.33. The van der Waals surface area contributed by atoms with Gasteiger partial charge < -0.3 is 24.8 Å². The van der Waals surface area contributed by atoms with Crippen LogP contribution in [0.1, 0.15) is 40.0 Å². The highest BCUT2D eigenvalue weighted by atomic mass is 32.2. The molecule has 2 aromatic carbocycles. The highest BCUT2D eigenvalue weighted by Crippen LogP contribution is 2.63. The van der Waals surface area contributed by atoms with Crippen LogP contribution in [0.5, 0.6) is 0 Å². The summed E-state index contributed by atoms with van der Waals surface area (Å²) in [5, 5.41) is 6.04. The molecule has 46 heavy (non-hydrogen) atoms. The van der Waals surface area contributed by atoms with Gasteiger partial charge in [-0.3, -0.25) is 0 Å². The number of sulfonamides is 2. The zero-order chi connectivity index (χ0) is 33.9. The number of hydrogen-bond acceptors (Lipinski definition) is 11. The van der Waals surface area contributed by atoms with Crippen molar-refractivity contribution in [1.82, 2.24) is 9.44 Å².